The molecule has 0 saturated heterocycles. The van der Waals surface area contributed by atoms with Gasteiger partial charge in [-0.1, -0.05) is 36.8 Å². The van der Waals surface area contributed by atoms with Crippen molar-refractivity contribution < 1.29 is 4.79 Å². The Labute approximate surface area is 104 Å². The standard InChI is InChI=1S/C15H21NO/c1-5-13-6-8-14(9-7-13)11-16(4)15(17)10-12(2)3/h6-10H,5,11H2,1-4H3. The number of carbonyl (C=O) groups is 1. The Morgan fingerprint density at radius 2 is 1.71 bits per heavy atom. The van der Waals surface area contributed by atoms with E-state index in [0.29, 0.717) is 6.54 Å². The summed E-state index contributed by atoms with van der Waals surface area (Å²) in [5, 5.41) is 0. The number of aryl methyl sites for hydroxylation is 1. The van der Waals surface area contributed by atoms with Gasteiger partial charge >= 0.3 is 0 Å². The van der Waals surface area contributed by atoms with E-state index in [1.54, 1.807) is 11.0 Å². The second kappa shape index (κ2) is 6.24. The summed E-state index contributed by atoms with van der Waals surface area (Å²) in [6, 6.07) is 8.42. The van der Waals surface area contributed by atoms with E-state index in [-0.39, 0.29) is 5.91 Å². The van der Waals surface area contributed by atoms with Crippen molar-refractivity contribution in [3.8, 4) is 0 Å². The fourth-order valence-corrected chi connectivity index (χ4v) is 1.59. The molecule has 1 aromatic rings. The number of allylic oxidation sites excluding steroid dienone is 1. The molecule has 0 N–H and O–H groups in total. The number of hydrogen-bond donors (Lipinski definition) is 0. The van der Waals surface area contributed by atoms with E-state index in [9.17, 15) is 4.79 Å². The van der Waals surface area contributed by atoms with Crippen LogP contribution in [0.1, 0.15) is 31.9 Å². The minimum Gasteiger partial charge on any atom is -0.338 e. The summed E-state index contributed by atoms with van der Waals surface area (Å²) in [6.07, 6.45) is 2.72. The third-order valence-corrected chi connectivity index (χ3v) is 2.64. The van der Waals surface area contributed by atoms with Crippen LogP contribution in [0.15, 0.2) is 35.9 Å². The summed E-state index contributed by atoms with van der Waals surface area (Å²) in [6.45, 7) is 6.66. The predicted octanol–water partition coefficient (Wildman–Crippen LogP) is 3.17. The van der Waals surface area contributed by atoms with Crippen LogP contribution < -0.4 is 0 Å². The first-order chi connectivity index (χ1) is 8.02. The van der Waals surface area contributed by atoms with Crippen molar-refractivity contribution in [2.24, 2.45) is 0 Å². The molecule has 0 aliphatic carbocycles. The van der Waals surface area contributed by atoms with Crippen molar-refractivity contribution in [3.63, 3.8) is 0 Å². The average Bonchev–Trinajstić information content (AvgIpc) is 2.29. The Hall–Kier alpha value is -1.57. The first kappa shape index (κ1) is 13.5. The minimum absolute atomic E-state index is 0.0598. The molecule has 17 heavy (non-hydrogen) atoms. The van der Waals surface area contributed by atoms with Gasteiger partial charge in [0.25, 0.3) is 0 Å². The van der Waals surface area contributed by atoms with E-state index in [4.69, 9.17) is 0 Å². The second-order valence-electron chi connectivity index (χ2n) is 4.59. The molecule has 0 bridgehead atoms. The SMILES string of the molecule is CCc1ccc(CN(C)C(=O)C=C(C)C)cc1. The number of amides is 1. The quantitative estimate of drug-likeness (QED) is 0.729. The van der Waals surface area contributed by atoms with Gasteiger partial charge in [0.2, 0.25) is 5.91 Å². The lowest BCUT2D eigenvalue weighted by molar-refractivity contribution is -0.125. The van der Waals surface area contributed by atoms with Gasteiger partial charge in [0.05, 0.1) is 0 Å². The van der Waals surface area contributed by atoms with E-state index in [1.807, 2.05) is 20.9 Å². The van der Waals surface area contributed by atoms with Crippen LogP contribution in [0.25, 0.3) is 0 Å². The highest BCUT2D eigenvalue weighted by Crippen LogP contribution is 2.08. The van der Waals surface area contributed by atoms with Crippen LogP contribution in [-0.4, -0.2) is 17.9 Å². The van der Waals surface area contributed by atoms with Crippen molar-refractivity contribution in [1.82, 2.24) is 4.90 Å². The van der Waals surface area contributed by atoms with Crippen molar-refractivity contribution in [1.29, 1.82) is 0 Å². The van der Waals surface area contributed by atoms with Gasteiger partial charge < -0.3 is 4.90 Å². The molecule has 0 heterocycles. The predicted molar refractivity (Wildman–Crippen MR) is 71.7 cm³/mol. The highest BCUT2D eigenvalue weighted by Gasteiger charge is 2.05. The normalized spacial score (nSPS) is 9.88. The summed E-state index contributed by atoms with van der Waals surface area (Å²) in [4.78, 5) is 13.5. The maximum absolute atomic E-state index is 11.7. The third kappa shape index (κ3) is 4.43. The highest BCUT2D eigenvalue weighted by molar-refractivity contribution is 5.87. The first-order valence-electron chi connectivity index (χ1n) is 6.00. The molecule has 0 aliphatic heterocycles. The molecule has 1 rings (SSSR count). The van der Waals surface area contributed by atoms with Crippen molar-refractivity contribution in [2.75, 3.05) is 7.05 Å². The molecule has 1 amide bonds. The fourth-order valence-electron chi connectivity index (χ4n) is 1.59. The maximum Gasteiger partial charge on any atom is 0.246 e. The number of benzene rings is 1. The van der Waals surface area contributed by atoms with Crippen LogP contribution >= 0.6 is 0 Å². The number of hydrogen-bond acceptors (Lipinski definition) is 1. The molecule has 92 valence electrons. The van der Waals surface area contributed by atoms with Gasteiger partial charge in [-0.15, -0.1) is 0 Å². The lowest BCUT2D eigenvalue weighted by Gasteiger charge is -2.15. The summed E-state index contributed by atoms with van der Waals surface area (Å²) in [5.41, 5.74) is 3.52. The molecule has 0 aliphatic rings. The Bertz CT molecular complexity index is 399. The fraction of sp³-hybridized carbons (Fsp3) is 0.400. The van der Waals surface area contributed by atoms with Gasteiger partial charge in [-0.2, -0.15) is 0 Å². The maximum atomic E-state index is 11.7. The molecular weight excluding hydrogens is 210 g/mol. The minimum atomic E-state index is 0.0598. The second-order valence-corrected chi connectivity index (χ2v) is 4.59. The summed E-state index contributed by atoms with van der Waals surface area (Å²) < 4.78 is 0. The number of nitrogens with zero attached hydrogens (tertiary/aromatic N) is 1. The van der Waals surface area contributed by atoms with Gasteiger partial charge in [0.15, 0.2) is 0 Å². The molecule has 2 nitrogen and oxygen atoms in total. The lowest BCUT2D eigenvalue weighted by Crippen LogP contribution is -2.24. The van der Waals surface area contributed by atoms with Gasteiger partial charge in [0.1, 0.15) is 0 Å². The van der Waals surface area contributed by atoms with E-state index < -0.39 is 0 Å². The molecule has 0 unspecified atom stereocenters. The van der Waals surface area contributed by atoms with Crippen LogP contribution in [0.2, 0.25) is 0 Å². The smallest absolute Gasteiger partial charge is 0.246 e. The summed E-state index contributed by atoms with van der Waals surface area (Å²) in [5.74, 6) is 0.0598. The van der Waals surface area contributed by atoms with Gasteiger partial charge in [-0.3, -0.25) is 4.79 Å². The van der Waals surface area contributed by atoms with Crippen LogP contribution in [0.4, 0.5) is 0 Å². The first-order valence-corrected chi connectivity index (χ1v) is 6.00. The molecule has 0 spiro atoms. The van der Waals surface area contributed by atoms with Crippen molar-refractivity contribution in [3.05, 3.63) is 47.0 Å². The number of carbonyl (C=O) groups excluding carboxylic acids is 1. The van der Waals surface area contributed by atoms with Gasteiger partial charge in [-0.05, 0) is 31.4 Å². The molecule has 0 saturated carbocycles. The van der Waals surface area contributed by atoms with E-state index in [0.717, 1.165) is 12.0 Å². The summed E-state index contributed by atoms with van der Waals surface area (Å²) in [7, 11) is 1.83. The molecule has 2 heteroatoms. The monoisotopic (exact) mass is 231 g/mol. The Balaban J connectivity index is 2.64. The van der Waals surface area contributed by atoms with Crippen LogP contribution in [-0.2, 0) is 17.8 Å². The highest BCUT2D eigenvalue weighted by atomic mass is 16.2. The molecule has 0 fully saturated rings. The zero-order valence-corrected chi connectivity index (χ0v) is 11.2. The molecule has 0 atom stereocenters. The number of rotatable bonds is 4. The molecule has 0 aromatic heterocycles. The Morgan fingerprint density at radius 3 is 2.18 bits per heavy atom. The topological polar surface area (TPSA) is 20.3 Å². The lowest BCUT2D eigenvalue weighted by atomic mass is 10.1. The van der Waals surface area contributed by atoms with E-state index >= 15 is 0 Å². The van der Waals surface area contributed by atoms with Gasteiger partial charge in [-0.25, -0.2) is 0 Å². The van der Waals surface area contributed by atoms with Crippen molar-refractivity contribution in [2.45, 2.75) is 33.7 Å². The molecular formula is C15H21NO. The summed E-state index contributed by atoms with van der Waals surface area (Å²) >= 11 is 0. The van der Waals surface area contributed by atoms with Gasteiger partial charge in [0, 0.05) is 19.7 Å². The molecule has 0 radical (unpaired) electrons. The zero-order valence-electron chi connectivity index (χ0n) is 11.2. The Kier molecular flexibility index (Phi) is 4.95. The average molecular weight is 231 g/mol. The molecule has 1 aromatic carbocycles. The van der Waals surface area contributed by atoms with Crippen LogP contribution in [0.3, 0.4) is 0 Å². The Morgan fingerprint density at radius 1 is 1.18 bits per heavy atom. The zero-order chi connectivity index (χ0) is 12.8. The largest absolute Gasteiger partial charge is 0.338 e. The van der Waals surface area contributed by atoms with E-state index in [2.05, 4.69) is 31.2 Å². The van der Waals surface area contributed by atoms with Crippen LogP contribution in [0, 0.1) is 0 Å². The van der Waals surface area contributed by atoms with Crippen molar-refractivity contribution >= 4 is 5.91 Å². The van der Waals surface area contributed by atoms with E-state index in [1.165, 1.54) is 11.1 Å². The third-order valence-electron chi connectivity index (χ3n) is 2.64. The number of likely N-dealkylation sites (N-methyl/N-ethyl adjacent to an activating group) is 1. The van der Waals surface area contributed by atoms with Crippen LogP contribution in [0.5, 0.6) is 0 Å².